The fourth-order valence-electron chi connectivity index (χ4n) is 4.35. The molecular formula is C22H21F3N2O7. The number of rotatable bonds is 4. The van der Waals surface area contributed by atoms with Gasteiger partial charge in [0.05, 0.1) is 23.3 Å². The number of phenols is 1. The third kappa shape index (κ3) is 4.33. The SMILES string of the molecule is NC(=O)c1c(C2CC(O)C(O)CC2NC(=O)c2cccc(C(F)(F)F)c2)cc2c(c1O)OCO2. The van der Waals surface area contributed by atoms with Crippen LogP contribution in [0, 0.1) is 0 Å². The molecule has 2 aromatic rings. The molecule has 1 aliphatic heterocycles. The minimum atomic E-state index is -4.65. The Balaban J connectivity index is 1.71. The van der Waals surface area contributed by atoms with Crippen molar-refractivity contribution in [3.63, 3.8) is 0 Å². The Bertz CT molecular complexity index is 1140. The average molecular weight is 482 g/mol. The van der Waals surface area contributed by atoms with Crippen LogP contribution >= 0.6 is 0 Å². The van der Waals surface area contributed by atoms with E-state index in [4.69, 9.17) is 15.2 Å². The number of hydrogen-bond acceptors (Lipinski definition) is 7. The van der Waals surface area contributed by atoms with Crippen LogP contribution < -0.4 is 20.5 Å². The van der Waals surface area contributed by atoms with Crippen molar-refractivity contribution in [2.45, 2.75) is 43.2 Å². The second-order valence-electron chi connectivity index (χ2n) is 8.16. The van der Waals surface area contributed by atoms with E-state index in [0.29, 0.717) is 6.07 Å². The van der Waals surface area contributed by atoms with Gasteiger partial charge in [0.1, 0.15) is 0 Å². The second kappa shape index (κ2) is 8.69. The molecule has 6 N–H and O–H groups in total. The van der Waals surface area contributed by atoms with Gasteiger partial charge in [0.15, 0.2) is 11.5 Å². The van der Waals surface area contributed by atoms with E-state index in [1.807, 2.05) is 0 Å². The number of aliphatic hydroxyl groups is 2. The first-order valence-corrected chi connectivity index (χ1v) is 10.3. The largest absolute Gasteiger partial charge is 0.504 e. The summed E-state index contributed by atoms with van der Waals surface area (Å²) in [6, 6.07) is 4.28. The van der Waals surface area contributed by atoms with Gasteiger partial charge in [-0.05, 0) is 42.7 Å². The molecule has 0 saturated heterocycles. The summed E-state index contributed by atoms with van der Waals surface area (Å²) in [6.45, 7) is -0.216. The zero-order chi connectivity index (χ0) is 24.8. The molecular weight excluding hydrogens is 461 g/mol. The summed E-state index contributed by atoms with van der Waals surface area (Å²) in [6.07, 6.45) is -7.45. The van der Waals surface area contributed by atoms with Crippen LogP contribution in [0.5, 0.6) is 17.2 Å². The van der Waals surface area contributed by atoms with Gasteiger partial charge in [0.2, 0.25) is 12.5 Å². The molecule has 1 heterocycles. The quantitative estimate of drug-likeness (QED) is 0.444. The Kier molecular flexibility index (Phi) is 6.04. The van der Waals surface area contributed by atoms with Crippen LogP contribution in [0.4, 0.5) is 13.2 Å². The molecule has 182 valence electrons. The van der Waals surface area contributed by atoms with Gasteiger partial charge in [0.25, 0.3) is 11.8 Å². The molecule has 0 spiro atoms. The molecule has 12 heteroatoms. The van der Waals surface area contributed by atoms with Crippen molar-refractivity contribution in [1.29, 1.82) is 0 Å². The smallest absolute Gasteiger partial charge is 0.416 e. The van der Waals surface area contributed by atoms with Crippen molar-refractivity contribution in [1.82, 2.24) is 5.32 Å². The van der Waals surface area contributed by atoms with Gasteiger partial charge in [-0.15, -0.1) is 0 Å². The van der Waals surface area contributed by atoms with E-state index < -0.39 is 53.5 Å². The molecule has 0 bridgehead atoms. The van der Waals surface area contributed by atoms with Crippen LogP contribution in [-0.4, -0.2) is 52.2 Å². The van der Waals surface area contributed by atoms with Gasteiger partial charge in [-0.1, -0.05) is 6.07 Å². The number of nitrogens with two attached hydrogens (primary N) is 1. The highest BCUT2D eigenvalue weighted by Crippen LogP contribution is 2.48. The maximum Gasteiger partial charge on any atom is 0.416 e. The van der Waals surface area contributed by atoms with Crippen molar-refractivity contribution in [2.24, 2.45) is 5.73 Å². The minimum absolute atomic E-state index is 0.0847. The third-order valence-corrected chi connectivity index (χ3v) is 6.00. The number of ether oxygens (including phenoxy) is 2. The lowest BCUT2D eigenvalue weighted by molar-refractivity contribution is -0.137. The predicted molar refractivity (Wildman–Crippen MR) is 109 cm³/mol. The number of primary amides is 1. The van der Waals surface area contributed by atoms with Gasteiger partial charge >= 0.3 is 6.18 Å². The van der Waals surface area contributed by atoms with E-state index in [0.717, 1.165) is 12.1 Å². The van der Waals surface area contributed by atoms with Crippen LogP contribution in [0.1, 0.15) is 50.6 Å². The first-order chi connectivity index (χ1) is 16.0. The lowest BCUT2D eigenvalue weighted by Crippen LogP contribution is -2.49. The van der Waals surface area contributed by atoms with Crippen molar-refractivity contribution < 1.29 is 47.6 Å². The second-order valence-corrected chi connectivity index (χ2v) is 8.16. The fraction of sp³-hybridized carbons (Fsp3) is 0.364. The number of carbonyl (C=O) groups excluding carboxylic acids is 2. The highest BCUT2D eigenvalue weighted by Gasteiger charge is 2.41. The van der Waals surface area contributed by atoms with E-state index >= 15 is 0 Å². The van der Waals surface area contributed by atoms with Gasteiger partial charge in [0, 0.05) is 17.5 Å². The first-order valence-electron chi connectivity index (χ1n) is 10.3. The van der Waals surface area contributed by atoms with E-state index in [1.54, 1.807) is 0 Å². The molecule has 2 aromatic carbocycles. The molecule has 34 heavy (non-hydrogen) atoms. The Morgan fingerprint density at radius 1 is 1.09 bits per heavy atom. The highest BCUT2D eigenvalue weighted by molar-refractivity contribution is 5.99. The van der Waals surface area contributed by atoms with E-state index in [9.17, 15) is 38.1 Å². The first kappa shape index (κ1) is 23.6. The van der Waals surface area contributed by atoms with Gasteiger partial charge in [-0.3, -0.25) is 9.59 Å². The van der Waals surface area contributed by atoms with E-state index in [-0.39, 0.29) is 47.8 Å². The average Bonchev–Trinajstić information content (AvgIpc) is 3.24. The van der Waals surface area contributed by atoms with Crippen molar-refractivity contribution in [3.8, 4) is 17.2 Å². The van der Waals surface area contributed by atoms with E-state index in [1.165, 1.54) is 12.1 Å². The predicted octanol–water partition coefficient (Wildman–Crippen LogP) is 1.64. The minimum Gasteiger partial charge on any atom is -0.504 e. The van der Waals surface area contributed by atoms with Gasteiger partial charge in [-0.2, -0.15) is 13.2 Å². The lowest BCUT2D eigenvalue weighted by atomic mass is 9.75. The number of nitrogens with one attached hydrogen (secondary N) is 1. The maximum atomic E-state index is 13.1. The summed E-state index contributed by atoms with van der Waals surface area (Å²) in [7, 11) is 0. The molecule has 2 amide bonds. The summed E-state index contributed by atoms with van der Waals surface area (Å²) < 4.78 is 49.6. The summed E-state index contributed by atoms with van der Waals surface area (Å²) >= 11 is 0. The molecule has 1 saturated carbocycles. The fourth-order valence-corrected chi connectivity index (χ4v) is 4.35. The highest BCUT2D eigenvalue weighted by atomic mass is 19.4. The number of aromatic hydroxyl groups is 1. The van der Waals surface area contributed by atoms with E-state index in [2.05, 4.69) is 5.32 Å². The van der Waals surface area contributed by atoms with Crippen LogP contribution in [-0.2, 0) is 6.18 Å². The summed E-state index contributed by atoms with van der Waals surface area (Å²) in [5.41, 5.74) is 4.02. The molecule has 4 atom stereocenters. The number of carbonyl (C=O) groups is 2. The molecule has 4 rings (SSSR count). The Labute approximate surface area is 190 Å². The number of aliphatic hydroxyl groups excluding tert-OH is 2. The van der Waals surface area contributed by atoms with Crippen molar-refractivity contribution >= 4 is 11.8 Å². The normalized spacial score (nSPS) is 24.0. The number of alkyl halides is 3. The Morgan fingerprint density at radius 2 is 1.79 bits per heavy atom. The Morgan fingerprint density at radius 3 is 2.47 bits per heavy atom. The zero-order valence-electron chi connectivity index (χ0n) is 17.5. The number of halogens is 3. The molecule has 9 nitrogen and oxygen atoms in total. The number of benzene rings is 2. The summed E-state index contributed by atoms with van der Waals surface area (Å²) in [4.78, 5) is 25.0. The topological polar surface area (TPSA) is 151 Å². The molecule has 0 aromatic heterocycles. The van der Waals surface area contributed by atoms with Crippen molar-refractivity contribution in [2.75, 3.05) is 6.79 Å². The number of amides is 2. The molecule has 0 radical (unpaired) electrons. The van der Waals surface area contributed by atoms with Crippen LogP contribution in [0.2, 0.25) is 0 Å². The molecule has 2 aliphatic rings. The van der Waals surface area contributed by atoms with Crippen LogP contribution in [0.3, 0.4) is 0 Å². The summed E-state index contributed by atoms with van der Waals surface area (Å²) in [5, 5.41) is 33.6. The molecule has 1 aliphatic carbocycles. The summed E-state index contributed by atoms with van der Waals surface area (Å²) in [5.74, 6) is -3.25. The monoisotopic (exact) mass is 482 g/mol. The van der Waals surface area contributed by atoms with Crippen LogP contribution in [0.15, 0.2) is 30.3 Å². The maximum absolute atomic E-state index is 13.1. The Hall–Kier alpha value is -3.51. The van der Waals surface area contributed by atoms with Gasteiger partial charge in [-0.25, -0.2) is 0 Å². The molecule has 4 unspecified atom stereocenters. The number of hydrogen-bond donors (Lipinski definition) is 5. The van der Waals surface area contributed by atoms with Crippen LogP contribution in [0.25, 0.3) is 0 Å². The van der Waals surface area contributed by atoms with Crippen molar-refractivity contribution in [3.05, 3.63) is 52.6 Å². The van der Waals surface area contributed by atoms with Gasteiger partial charge < -0.3 is 35.8 Å². The number of fused-ring (bicyclic) bond motifs is 1. The molecule has 1 fully saturated rings. The lowest BCUT2D eigenvalue weighted by Gasteiger charge is -2.38. The zero-order valence-corrected chi connectivity index (χ0v) is 17.5. The standard InChI is InChI=1S/C22H21F3N2O7/c23-22(24,25)10-3-1-2-9(4-10)21(32)27-13-7-15(29)14(28)5-11(13)12-6-16-19(34-8-33-16)18(30)17(12)20(26)31/h1-4,6,11,13-15,28-30H,5,7-8H2,(H2,26,31)(H,27,32). The third-order valence-electron chi connectivity index (χ3n) is 6.00.